The van der Waals surface area contributed by atoms with Crippen molar-refractivity contribution in [3.05, 3.63) is 81.6 Å². The van der Waals surface area contributed by atoms with Gasteiger partial charge in [0.25, 0.3) is 5.91 Å². The van der Waals surface area contributed by atoms with Gasteiger partial charge in [-0.25, -0.2) is 9.18 Å². The summed E-state index contributed by atoms with van der Waals surface area (Å²) in [5.41, 5.74) is 3.17. The molecule has 0 N–H and O–H groups in total. The minimum Gasteiger partial charge on any atom is -0.484 e. The Labute approximate surface area is 182 Å². The van der Waals surface area contributed by atoms with Crippen molar-refractivity contribution in [2.75, 3.05) is 13.2 Å². The number of aryl methyl sites for hydroxylation is 1. The number of rotatable bonds is 4. The molecule has 8 heteroatoms. The summed E-state index contributed by atoms with van der Waals surface area (Å²) < 4.78 is 29.5. The van der Waals surface area contributed by atoms with Crippen LogP contribution in [0.3, 0.4) is 0 Å². The Bertz CT molecular complexity index is 1370. The number of aromatic nitrogens is 1. The summed E-state index contributed by atoms with van der Waals surface area (Å²) in [5.74, 6) is 0.545. The maximum atomic E-state index is 13.2. The summed E-state index contributed by atoms with van der Waals surface area (Å²) in [4.78, 5) is 25.9. The summed E-state index contributed by atoms with van der Waals surface area (Å²) in [6.07, 6.45) is 0.581. The highest BCUT2D eigenvalue weighted by atomic mass is 19.1. The number of nitrogens with zero attached hydrogens (tertiary/aromatic N) is 2. The largest absolute Gasteiger partial charge is 0.484 e. The predicted octanol–water partition coefficient (Wildman–Crippen LogP) is 3.86. The fraction of sp³-hybridized carbons (Fsp3) is 0.208. The molecule has 5 rings (SSSR count). The number of hydrogen-bond acceptors (Lipinski definition) is 6. The van der Waals surface area contributed by atoms with Gasteiger partial charge in [-0.2, -0.15) is 0 Å². The summed E-state index contributed by atoms with van der Waals surface area (Å²) in [6.45, 7) is 2.49. The third kappa shape index (κ3) is 3.75. The Kier molecular flexibility index (Phi) is 4.97. The minimum absolute atomic E-state index is 0.153. The normalized spacial score (nSPS) is 13.2. The van der Waals surface area contributed by atoms with E-state index < -0.39 is 5.63 Å². The molecule has 0 unspecified atom stereocenters. The van der Waals surface area contributed by atoms with Crippen LogP contribution in [0.1, 0.15) is 16.8 Å². The topological polar surface area (TPSA) is 85.8 Å². The maximum Gasteiger partial charge on any atom is 0.336 e. The van der Waals surface area contributed by atoms with Crippen molar-refractivity contribution in [3.8, 4) is 17.1 Å². The number of ether oxygens (including phenoxy) is 1. The second kappa shape index (κ2) is 7.96. The highest BCUT2D eigenvalue weighted by Crippen LogP contribution is 2.30. The van der Waals surface area contributed by atoms with Crippen LogP contribution in [0.2, 0.25) is 0 Å². The molecule has 0 atom stereocenters. The van der Waals surface area contributed by atoms with Crippen LogP contribution in [0.25, 0.3) is 22.3 Å². The second-order valence-corrected chi connectivity index (χ2v) is 7.70. The smallest absolute Gasteiger partial charge is 0.336 e. The predicted molar refractivity (Wildman–Crippen MR) is 114 cm³/mol. The van der Waals surface area contributed by atoms with Gasteiger partial charge in [0.05, 0.1) is 6.54 Å². The average molecular weight is 434 g/mol. The van der Waals surface area contributed by atoms with Crippen molar-refractivity contribution in [3.63, 3.8) is 0 Å². The molecule has 2 aromatic carbocycles. The molecule has 3 heterocycles. The zero-order valence-corrected chi connectivity index (χ0v) is 17.3. The van der Waals surface area contributed by atoms with E-state index in [-0.39, 0.29) is 18.3 Å². The Morgan fingerprint density at radius 2 is 2.00 bits per heavy atom. The van der Waals surface area contributed by atoms with Gasteiger partial charge in [-0.05, 0) is 55.3 Å². The van der Waals surface area contributed by atoms with Crippen LogP contribution < -0.4 is 10.4 Å². The van der Waals surface area contributed by atoms with E-state index in [4.69, 9.17) is 13.7 Å². The summed E-state index contributed by atoms with van der Waals surface area (Å²) in [6, 6.07) is 12.6. The Morgan fingerprint density at radius 1 is 1.19 bits per heavy atom. The number of halogens is 1. The Morgan fingerprint density at radius 3 is 2.81 bits per heavy atom. The second-order valence-electron chi connectivity index (χ2n) is 7.70. The van der Waals surface area contributed by atoms with Crippen LogP contribution in [0.15, 0.2) is 62.3 Å². The van der Waals surface area contributed by atoms with E-state index in [2.05, 4.69) is 5.16 Å². The first-order chi connectivity index (χ1) is 15.5. The molecule has 0 bridgehead atoms. The number of carbonyl (C=O) groups is 1. The van der Waals surface area contributed by atoms with Crippen molar-refractivity contribution in [1.29, 1.82) is 0 Å². The first-order valence-electron chi connectivity index (χ1n) is 10.2. The van der Waals surface area contributed by atoms with Crippen LogP contribution in [-0.4, -0.2) is 29.1 Å². The minimum atomic E-state index is -0.431. The lowest BCUT2D eigenvalue weighted by Gasteiger charge is -2.26. The van der Waals surface area contributed by atoms with Gasteiger partial charge in [-0.15, -0.1) is 0 Å². The molecular weight excluding hydrogens is 415 g/mol. The van der Waals surface area contributed by atoms with Gasteiger partial charge in [0.1, 0.15) is 22.8 Å². The van der Waals surface area contributed by atoms with Gasteiger partial charge in [0, 0.05) is 35.2 Å². The van der Waals surface area contributed by atoms with Crippen molar-refractivity contribution >= 4 is 16.9 Å². The Hall–Kier alpha value is -3.94. The molecule has 32 heavy (non-hydrogen) atoms. The van der Waals surface area contributed by atoms with Crippen LogP contribution in [-0.2, 0) is 17.8 Å². The Balaban J connectivity index is 1.26. The van der Waals surface area contributed by atoms with Crippen LogP contribution in [0, 0.1) is 12.7 Å². The van der Waals surface area contributed by atoms with Gasteiger partial charge < -0.3 is 18.6 Å². The lowest BCUT2D eigenvalue weighted by Crippen LogP contribution is -2.38. The fourth-order valence-electron chi connectivity index (χ4n) is 3.90. The number of benzene rings is 2. The molecule has 7 nitrogen and oxygen atoms in total. The summed E-state index contributed by atoms with van der Waals surface area (Å²) >= 11 is 0. The van der Waals surface area contributed by atoms with Crippen LogP contribution in [0.5, 0.6) is 5.75 Å². The highest BCUT2D eigenvalue weighted by Gasteiger charge is 2.27. The molecular formula is C24H19FN2O5. The number of carbonyl (C=O) groups excluding carboxylic acids is 1. The first kappa shape index (κ1) is 20.0. The molecule has 0 radical (unpaired) electrons. The molecule has 4 aromatic rings. The lowest BCUT2D eigenvalue weighted by molar-refractivity contribution is -0.134. The van der Waals surface area contributed by atoms with Gasteiger partial charge in [-0.1, -0.05) is 5.16 Å². The van der Waals surface area contributed by atoms with Crippen LogP contribution >= 0.6 is 0 Å². The maximum absolute atomic E-state index is 13.2. The van der Waals surface area contributed by atoms with E-state index in [1.165, 1.54) is 18.2 Å². The summed E-state index contributed by atoms with van der Waals surface area (Å²) in [5, 5.41) is 4.93. The molecule has 162 valence electrons. The van der Waals surface area contributed by atoms with E-state index in [1.807, 2.05) is 6.92 Å². The summed E-state index contributed by atoms with van der Waals surface area (Å²) in [7, 11) is 0. The van der Waals surface area contributed by atoms with Crippen LogP contribution in [0.4, 0.5) is 4.39 Å². The molecule has 1 amide bonds. The molecule has 1 aliphatic rings. The van der Waals surface area contributed by atoms with Gasteiger partial charge in [-0.3, -0.25) is 4.79 Å². The van der Waals surface area contributed by atoms with Crippen molar-refractivity contribution in [1.82, 2.24) is 10.1 Å². The molecule has 0 saturated carbocycles. The monoisotopic (exact) mass is 434 g/mol. The van der Waals surface area contributed by atoms with E-state index in [0.29, 0.717) is 42.3 Å². The highest BCUT2D eigenvalue weighted by molar-refractivity contribution is 5.82. The molecule has 0 spiro atoms. The first-order valence-corrected chi connectivity index (χ1v) is 10.2. The fourth-order valence-corrected chi connectivity index (χ4v) is 3.90. The molecule has 0 aliphatic carbocycles. The standard InChI is InChI=1S/C24H19FN2O5/c1-14-10-23(29)31-21-11-17(6-7-18(14)21)30-13-22(28)27-9-8-19-20(12-27)26-32-24(19)15-2-4-16(25)5-3-15/h2-7,10-11H,8-9,12-13H2,1H3. The van der Waals surface area contributed by atoms with Gasteiger partial charge in [0.2, 0.25) is 0 Å². The molecule has 2 aromatic heterocycles. The number of hydrogen-bond donors (Lipinski definition) is 0. The van der Waals surface area contributed by atoms with Crippen molar-refractivity contribution < 1.29 is 22.9 Å². The average Bonchev–Trinajstić information content (AvgIpc) is 3.21. The quantitative estimate of drug-likeness (QED) is 0.454. The SMILES string of the molecule is Cc1cc(=O)oc2cc(OCC(=O)N3CCc4c(noc4-c4ccc(F)cc4)C3)ccc12. The molecule has 0 fully saturated rings. The van der Waals surface area contributed by atoms with Crippen molar-refractivity contribution in [2.45, 2.75) is 19.9 Å². The van der Waals surface area contributed by atoms with Gasteiger partial charge >= 0.3 is 5.63 Å². The third-order valence-corrected chi connectivity index (χ3v) is 5.59. The molecule has 1 aliphatic heterocycles. The van der Waals surface area contributed by atoms with E-state index >= 15 is 0 Å². The molecule has 0 saturated heterocycles. The number of fused-ring (bicyclic) bond motifs is 2. The zero-order chi connectivity index (χ0) is 22.2. The zero-order valence-electron chi connectivity index (χ0n) is 17.3. The van der Waals surface area contributed by atoms with E-state index in [9.17, 15) is 14.0 Å². The van der Waals surface area contributed by atoms with E-state index in [1.54, 1.807) is 35.2 Å². The van der Waals surface area contributed by atoms with Crippen molar-refractivity contribution in [2.24, 2.45) is 0 Å². The lowest BCUT2D eigenvalue weighted by atomic mass is 10.0. The van der Waals surface area contributed by atoms with E-state index in [0.717, 1.165) is 22.1 Å². The van der Waals surface area contributed by atoms with Gasteiger partial charge in [0.15, 0.2) is 12.4 Å². The third-order valence-electron chi connectivity index (χ3n) is 5.59. The number of amides is 1.